The van der Waals surface area contributed by atoms with Crippen LogP contribution in [0.1, 0.15) is 11.1 Å². The fourth-order valence-corrected chi connectivity index (χ4v) is 1.05. The lowest BCUT2D eigenvalue weighted by atomic mass is 10.1. The molecule has 5 heteroatoms. The minimum Gasteiger partial charge on any atom is -0.494 e. The van der Waals surface area contributed by atoms with Crippen molar-refractivity contribution in [2.24, 2.45) is 0 Å². The maximum atomic E-state index is 13.1. The van der Waals surface area contributed by atoms with Crippen molar-refractivity contribution in [2.45, 2.75) is 13.1 Å². The van der Waals surface area contributed by atoms with Crippen LogP contribution in [0.3, 0.4) is 0 Å². The van der Waals surface area contributed by atoms with Crippen LogP contribution >= 0.6 is 0 Å². The summed E-state index contributed by atoms with van der Waals surface area (Å²) in [6.07, 6.45) is -4.48. The summed E-state index contributed by atoms with van der Waals surface area (Å²) in [7, 11) is 1.12. The number of halogens is 4. The Bertz CT molecular complexity index is 343. The van der Waals surface area contributed by atoms with Crippen LogP contribution in [0, 0.1) is 12.7 Å². The highest BCUT2D eigenvalue weighted by Gasteiger charge is 2.32. The molecule has 0 aliphatic rings. The largest absolute Gasteiger partial charge is 0.494 e. The van der Waals surface area contributed by atoms with Gasteiger partial charge in [-0.15, -0.1) is 0 Å². The molecule has 0 aliphatic heterocycles. The van der Waals surface area contributed by atoms with Gasteiger partial charge in [-0.1, -0.05) is 0 Å². The molecule has 0 aliphatic carbocycles. The van der Waals surface area contributed by atoms with Crippen LogP contribution in [-0.2, 0) is 6.18 Å². The summed E-state index contributed by atoms with van der Waals surface area (Å²) in [5.41, 5.74) is -0.995. The topological polar surface area (TPSA) is 9.23 Å². The van der Waals surface area contributed by atoms with Crippen molar-refractivity contribution in [1.82, 2.24) is 0 Å². The van der Waals surface area contributed by atoms with Crippen molar-refractivity contribution in [3.63, 3.8) is 0 Å². The van der Waals surface area contributed by atoms with E-state index in [1.807, 2.05) is 0 Å². The van der Waals surface area contributed by atoms with Gasteiger partial charge in [-0.25, -0.2) is 4.39 Å². The molecule has 78 valence electrons. The van der Waals surface area contributed by atoms with E-state index in [9.17, 15) is 17.6 Å². The molecular weight excluding hydrogens is 200 g/mol. The predicted octanol–water partition coefficient (Wildman–Crippen LogP) is 3.16. The van der Waals surface area contributed by atoms with Gasteiger partial charge in [0.05, 0.1) is 12.7 Å². The zero-order chi connectivity index (χ0) is 10.9. The van der Waals surface area contributed by atoms with Gasteiger partial charge in [0, 0.05) is 0 Å². The number of hydrogen-bond donors (Lipinski definition) is 0. The van der Waals surface area contributed by atoms with Gasteiger partial charge in [0.2, 0.25) is 0 Å². The normalized spacial score (nSPS) is 11.6. The summed E-state index contributed by atoms with van der Waals surface area (Å²) in [6, 6.07) is 1.39. The first-order valence-electron chi connectivity index (χ1n) is 3.77. The lowest BCUT2D eigenvalue weighted by Crippen LogP contribution is -2.06. The standard InChI is InChI=1S/C9H8F4O/c1-5-3-6(9(11,12)13)4-7(14-2)8(5)10/h3-4H,1-2H3. The fraction of sp³-hybridized carbons (Fsp3) is 0.333. The second kappa shape index (κ2) is 3.48. The molecular formula is C9H8F4O. The van der Waals surface area contributed by atoms with Gasteiger partial charge in [-0.3, -0.25) is 0 Å². The Hall–Kier alpha value is -1.26. The van der Waals surface area contributed by atoms with E-state index in [0.717, 1.165) is 13.2 Å². The summed E-state index contributed by atoms with van der Waals surface area (Å²) in [5.74, 6) is -1.15. The van der Waals surface area contributed by atoms with Crippen LogP contribution in [0.2, 0.25) is 0 Å². The Morgan fingerprint density at radius 3 is 2.21 bits per heavy atom. The fourth-order valence-electron chi connectivity index (χ4n) is 1.05. The predicted molar refractivity (Wildman–Crippen MR) is 42.7 cm³/mol. The van der Waals surface area contributed by atoms with Crippen molar-refractivity contribution in [3.05, 3.63) is 29.1 Å². The second-order valence-corrected chi connectivity index (χ2v) is 2.81. The number of hydrogen-bond acceptors (Lipinski definition) is 1. The molecule has 0 saturated carbocycles. The summed E-state index contributed by atoms with van der Waals surface area (Å²) >= 11 is 0. The minimum absolute atomic E-state index is 0.0864. The van der Waals surface area contributed by atoms with Crippen molar-refractivity contribution < 1.29 is 22.3 Å². The first-order valence-corrected chi connectivity index (χ1v) is 3.77. The van der Waals surface area contributed by atoms with Gasteiger partial charge in [0.15, 0.2) is 11.6 Å². The average Bonchev–Trinajstić information content (AvgIpc) is 2.07. The first kappa shape index (κ1) is 10.8. The molecule has 0 unspecified atom stereocenters. The highest BCUT2D eigenvalue weighted by atomic mass is 19.4. The quantitative estimate of drug-likeness (QED) is 0.644. The molecule has 1 rings (SSSR count). The van der Waals surface area contributed by atoms with Gasteiger partial charge in [0.1, 0.15) is 0 Å². The molecule has 0 heterocycles. The summed E-state index contributed by atoms with van der Waals surface area (Å²) in [4.78, 5) is 0. The second-order valence-electron chi connectivity index (χ2n) is 2.81. The Morgan fingerprint density at radius 2 is 1.79 bits per heavy atom. The number of ether oxygens (including phenoxy) is 1. The Balaban J connectivity index is 3.30. The lowest BCUT2D eigenvalue weighted by Gasteiger charge is -2.10. The van der Waals surface area contributed by atoms with Crippen molar-refractivity contribution >= 4 is 0 Å². The van der Waals surface area contributed by atoms with E-state index in [2.05, 4.69) is 4.74 Å². The maximum Gasteiger partial charge on any atom is 0.416 e. The van der Waals surface area contributed by atoms with Crippen molar-refractivity contribution in [1.29, 1.82) is 0 Å². The minimum atomic E-state index is -4.48. The van der Waals surface area contributed by atoms with E-state index in [1.54, 1.807) is 0 Å². The number of rotatable bonds is 1. The maximum absolute atomic E-state index is 13.1. The number of methoxy groups -OCH3 is 1. The molecule has 0 amide bonds. The zero-order valence-electron chi connectivity index (χ0n) is 7.57. The number of benzene rings is 1. The highest BCUT2D eigenvalue weighted by molar-refractivity contribution is 5.37. The third-order valence-electron chi connectivity index (χ3n) is 1.77. The van der Waals surface area contributed by atoms with Gasteiger partial charge < -0.3 is 4.74 Å². The molecule has 0 aromatic heterocycles. The van der Waals surface area contributed by atoms with E-state index in [-0.39, 0.29) is 5.56 Å². The molecule has 0 atom stereocenters. The highest BCUT2D eigenvalue weighted by Crippen LogP contribution is 2.33. The molecule has 0 spiro atoms. The molecule has 1 nitrogen and oxygen atoms in total. The molecule has 14 heavy (non-hydrogen) atoms. The Labute approximate surface area is 78.3 Å². The lowest BCUT2D eigenvalue weighted by molar-refractivity contribution is -0.137. The van der Waals surface area contributed by atoms with E-state index in [0.29, 0.717) is 6.07 Å². The molecule has 0 saturated heterocycles. The summed E-state index contributed by atoms with van der Waals surface area (Å²) < 4.78 is 54.3. The van der Waals surface area contributed by atoms with E-state index in [4.69, 9.17) is 0 Å². The zero-order valence-corrected chi connectivity index (χ0v) is 7.57. The molecule has 0 N–H and O–H groups in total. The Morgan fingerprint density at radius 1 is 1.21 bits per heavy atom. The molecule has 1 aromatic carbocycles. The smallest absolute Gasteiger partial charge is 0.416 e. The van der Waals surface area contributed by atoms with E-state index < -0.39 is 23.3 Å². The monoisotopic (exact) mass is 208 g/mol. The number of aryl methyl sites for hydroxylation is 1. The van der Waals surface area contributed by atoms with Crippen molar-refractivity contribution in [3.8, 4) is 5.75 Å². The van der Waals surface area contributed by atoms with Crippen LogP contribution in [-0.4, -0.2) is 7.11 Å². The van der Waals surface area contributed by atoms with Crippen LogP contribution in [0.15, 0.2) is 12.1 Å². The van der Waals surface area contributed by atoms with Crippen molar-refractivity contribution in [2.75, 3.05) is 7.11 Å². The summed E-state index contributed by atoms with van der Waals surface area (Å²) in [6.45, 7) is 1.26. The van der Waals surface area contributed by atoms with Gasteiger partial charge in [-0.2, -0.15) is 13.2 Å². The average molecular weight is 208 g/mol. The third kappa shape index (κ3) is 1.97. The molecule has 0 fully saturated rings. The SMILES string of the molecule is COc1cc(C(F)(F)F)cc(C)c1F. The molecule has 0 bridgehead atoms. The van der Waals surface area contributed by atoms with Gasteiger partial charge >= 0.3 is 6.18 Å². The third-order valence-corrected chi connectivity index (χ3v) is 1.77. The molecule has 1 aromatic rings. The summed E-state index contributed by atoms with van der Waals surface area (Å²) in [5, 5.41) is 0. The first-order chi connectivity index (χ1) is 6.36. The van der Waals surface area contributed by atoms with E-state index >= 15 is 0 Å². The Kier molecular flexibility index (Phi) is 2.69. The van der Waals surface area contributed by atoms with Crippen LogP contribution in [0.5, 0.6) is 5.75 Å². The number of alkyl halides is 3. The van der Waals surface area contributed by atoms with Gasteiger partial charge in [-0.05, 0) is 24.6 Å². The van der Waals surface area contributed by atoms with Crippen LogP contribution in [0.25, 0.3) is 0 Å². The van der Waals surface area contributed by atoms with Gasteiger partial charge in [0.25, 0.3) is 0 Å². The van der Waals surface area contributed by atoms with E-state index in [1.165, 1.54) is 6.92 Å². The molecule has 0 radical (unpaired) electrons. The van der Waals surface area contributed by atoms with Crippen LogP contribution in [0.4, 0.5) is 17.6 Å². The van der Waals surface area contributed by atoms with Crippen LogP contribution < -0.4 is 4.74 Å².